The Morgan fingerprint density at radius 3 is 2.53 bits per heavy atom. The van der Waals surface area contributed by atoms with Crippen LogP contribution in [0, 0.1) is 5.92 Å². The Kier molecular flexibility index (Phi) is 5.61. The molecule has 0 spiro atoms. The van der Waals surface area contributed by atoms with Gasteiger partial charge in [-0.1, -0.05) is 27.2 Å². The van der Waals surface area contributed by atoms with Gasteiger partial charge in [-0.2, -0.15) is 4.37 Å². The fourth-order valence-corrected chi connectivity index (χ4v) is 4.46. The van der Waals surface area contributed by atoms with Gasteiger partial charge in [-0.05, 0) is 30.8 Å². The highest BCUT2D eigenvalue weighted by atomic mass is 32.2. The van der Waals surface area contributed by atoms with Crippen molar-refractivity contribution < 1.29 is 8.42 Å². The fraction of sp³-hybridized carbons (Fsp3) is 0.750. The minimum atomic E-state index is -3.35. The summed E-state index contributed by atoms with van der Waals surface area (Å²) in [6.07, 6.45) is 1.59. The van der Waals surface area contributed by atoms with Crippen LogP contribution >= 0.6 is 11.5 Å². The summed E-state index contributed by atoms with van der Waals surface area (Å²) < 4.78 is 28.4. The summed E-state index contributed by atoms with van der Waals surface area (Å²) in [5.74, 6) is 0.657. The first-order valence-electron chi connectivity index (χ1n) is 6.57. The van der Waals surface area contributed by atoms with Crippen LogP contribution in [0.25, 0.3) is 0 Å². The molecule has 1 aromatic heterocycles. The van der Waals surface area contributed by atoms with Crippen molar-refractivity contribution in [3.63, 3.8) is 0 Å². The molecule has 1 rings (SSSR count). The Morgan fingerprint density at radius 2 is 2.00 bits per heavy atom. The van der Waals surface area contributed by atoms with E-state index < -0.39 is 9.84 Å². The van der Waals surface area contributed by atoms with Crippen LogP contribution in [0.5, 0.6) is 0 Å². The molecule has 2 atom stereocenters. The third kappa shape index (κ3) is 3.82. The van der Waals surface area contributed by atoms with Gasteiger partial charge in [0, 0.05) is 6.04 Å². The van der Waals surface area contributed by atoms with Crippen LogP contribution in [0.4, 0.5) is 10.8 Å². The molecule has 1 heterocycles. The molecule has 0 aromatic carbocycles. The third-order valence-corrected chi connectivity index (χ3v) is 6.22. The zero-order valence-electron chi connectivity index (χ0n) is 11.9. The first-order valence-corrected chi connectivity index (χ1v) is 9.00. The quantitative estimate of drug-likeness (QED) is 0.809. The van der Waals surface area contributed by atoms with E-state index in [9.17, 15) is 8.42 Å². The molecule has 110 valence electrons. The van der Waals surface area contributed by atoms with E-state index in [2.05, 4.69) is 23.5 Å². The minimum Gasteiger partial charge on any atom is -0.382 e. The number of hydrogen-bond acceptors (Lipinski definition) is 6. The molecule has 0 aliphatic carbocycles. The van der Waals surface area contributed by atoms with Crippen LogP contribution in [-0.4, -0.2) is 24.6 Å². The summed E-state index contributed by atoms with van der Waals surface area (Å²) in [7, 11) is -3.35. The summed E-state index contributed by atoms with van der Waals surface area (Å²) in [5.41, 5.74) is 5.72. The number of nitrogens with two attached hydrogens (primary N) is 1. The maximum atomic E-state index is 12.2. The van der Waals surface area contributed by atoms with Gasteiger partial charge in [0.2, 0.25) is 0 Å². The monoisotopic (exact) mass is 305 g/mol. The van der Waals surface area contributed by atoms with E-state index >= 15 is 0 Å². The molecular formula is C12H23N3O2S2. The maximum Gasteiger partial charge on any atom is 0.185 e. The van der Waals surface area contributed by atoms with Gasteiger partial charge >= 0.3 is 0 Å². The first kappa shape index (κ1) is 16.2. The molecule has 0 fully saturated rings. The standard InChI is InChI=1S/C12H23N3O2S2/c1-5-7-19(16,17)10-11(13)15-18-12(10)14-9(4)8(3)6-2/h8-9,14H,5-7H2,1-4H3,(H2,13,15). The molecule has 0 aliphatic rings. The van der Waals surface area contributed by atoms with Gasteiger partial charge in [0.25, 0.3) is 0 Å². The lowest BCUT2D eigenvalue weighted by atomic mass is 10.0. The average molecular weight is 305 g/mol. The van der Waals surface area contributed by atoms with Gasteiger partial charge in [-0.3, -0.25) is 0 Å². The number of nitrogens with one attached hydrogen (secondary N) is 1. The lowest BCUT2D eigenvalue weighted by Crippen LogP contribution is -2.24. The van der Waals surface area contributed by atoms with E-state index in [0.29, 0.717) is 17.3 Å². The van der Waals surface area contributed by atoms with E-state index in [1.54, 1.807) is 0 Å². The average Bonchev–Trinajstić information content (AvgIpc) is 2.69. The molecule has 0 amide bonds. The Bertz CT molecular complexity index is 511. The number of nitrogens with zero attached hydrogens (tertiary/aromatic N) is 1. The van der Waals surface area contributed by atoms with E-state index in [-0.39, 0.29) is 22.5 Å². The summed E-state index contributed by atoms with van der Waals surface area (Å²) in [6, 6.07) is 0.181. The van der Waals surface area contributed by atoms with Crippen LogP contribution < -0.4 is 11.1 Å². The topological polar surface area (TPSA) is 85.1 Å². The van der Waals surface area contributed by atoms with Crippen molar-refractivity contribution in [2.24, 2.45) is 5.92 Å². The van der Waals surface area contributed by atoms with Crippen molar-refractivity contribution in [2.75, 3.05) is 16.8 Å². The van der Waals surface area contributed by atoms with Crippen LogP contribution in [-0.2, 0) is 9.84 Å². The third-order valence-electron chi connectivity index (χ3n) is 3.31. The second-order valence-corrected chi connectivity index (χ2v) is 7.68. The van der Waals surface area contributed by atoms with Crippen molar-refractivity contribution in [3.8, 4) is 0 Å². The van der Waals surface area contributed by atoms with E-state index in [0.717, 1.165) is 18.0 Å². The molecule has 5 nitrogen and oxygen atoms in total. The number of aromatic nitrogens is 1. The van der Waals surface area contributed by atoms with Gasteiger partial charge in [-0.25, -0.2) is 8.42 Å². The Labute approximate surface area is 119 Å². The van der Waals surface area contributed by atoms with Gasteiger partial charge in [-0.15, -0.1) is 0 Å². The normalized spacial score (nSPS) is 15.2. The highest BCUT2D eigenvalue weighted by Crippen LogP contribution is 2.33. The smallest absolute Gasteiger partial charge is 0.185 e. The highest BCUT2D eigenvalue weighted by Gasteiger charge is 2.26. The highest BCUT2D eigenvalue weighted by molar-refractivity contribution is 7.91. The predicted octanol–water partition coefficient (Wildman–Crippen LogP) is 2.76. The molecule has 0 bridgehead atoms. The van der Waals surface area contributed by atoms with Crippen LogP contribution in [0.1, 0.15) is 40.5 Å². The maximum absolute atomic E-state index is 12.2. The Morgan fingerprint density at radius 1 is 1.37 bits per heavy atom. The Balaban J connectivity index is 3.05. The first-order chi connectivity index (χ1) is 8.83. The molecule has 0 aliphatic heterocycles. The fourth-order valence-electron chi connectivity index (χ4n) is 1.76. The van der Waals surface area contributed by atoms with Crippen molar-refractivity contribution in [1.82, 2.24) is 4.37 Å². The second-order valence-electron chi connectivity index (χ2n) is 4.86. The van der Waals surface area contributed by atoms with Crippen molar-refractivity contribution in [2.45, 2.75) is 51.5 Å². The number of anilines is 2. The minimum absolute atomic E-state index is 0.0992. The number of hydrogen-bond donors (Lipinski definition) is 2. The lowest BCUT2D eigenvalue weighted by Gasteiger charge is -2.20. The van der Waals surface area contributed by atoms with E-state index in [1.165, 1.54) is 0 Å². The SMILES string of the molecule is CCCS(=O)(=O)c1c(N)nsc1NC(C)C(C)CC. The largest absolute Gasteiger partial charge is 0.382 e. The summed E-state index contributed by atoms with van der Waals surface area (Å²) in [4.78, 5) is 0.175. The summed E-state index contributed by atoms with van der Waals surface area (Å²) in [6.45, 7) is 8.11. The predicted molar refractivity (Wildman–Crippen MR) is 81.4 cm³/mol. The van der Waals surface area contributed by atoms with Crippen LogP contribution in [0.3, 0.4) is 0 Å². The van der Waals surface area contributed by atoms with Crippen LogP contribution in [0.2, 0.25) is 0 Å². The van der Waals surface area contributed by atoms with Crippen molar-refractivity contribution >= 4 is 32.2 Å². The molecular weight excluding hydrogens is 282 g/mol. The van der Waals surface area contributed by atoms with Gasteiger partial charge in [0.1, 0.15) is 9.90 Å². The van der Waals surface area contributed by atoms with E-state index in [4.69, 9.17) is 5.73 Å². The molecule has 0 saturated carbocycles. The zero-order chi connectivity index (χ0) is 14.6. The lowest BCUT2D eigenvalue weighted by molar-refractivity contribution is 0.494. The van der Waals surface area contributed by atoms with Crippen LogP contribution in [0.15, 0.2) is 4.90 Å². The Hall–Kier alpha value is -0.820. The molecule has 0 radical (unpaired) electrons. The molecule has 1 aromatic rings. The van der Waals surface area contributed by atoms with Crippen molar-refractivity contribution in [3.05, 3.63) is 0 Å². The number of rotatable bonds is 7. The molecule has 19 heavy (non-hydrogen) atoms. The molecule has 0 saturated heterocycles. The van der Waals surface area contributed by atoms with E-state index in [1.807, 2.05) is 13.8 Å². The molecule has 3 N–H and O–H groups in total. The molecule has 2 unspecified atom stereocenters. The number of sulfone groups is 1. The second kappa shape index (κ2) is 6.56. The summed E-state index contributed by atoms with van der Waals surface area (Å²) >= 11 is 1.12. The zero-order valence-corrected chi connectivity index (χ0v) is 13.6. The van der Waals surface area contributed by atoms with Gasteiger partial charge in [0.15, 0.2) is 15.7 Å². The van der Waals surface area contributed by atoms with Crippen molar-refractivity contribution in [1.29, 1.82) is 0 Å². The number of nitrogen functional groups attached to an aromatic ring is 1. The van der Waals surface area contributed by atoms with Gasteiger partial charge in [0.05, 0.1) is 5.75 Å². The molecule has 7 heteroatoms. The van der Waals surface area contributed by atoms with Gasteiger partial charge < -0.3 is 11.1 Å². The summed E-state index contributed by atoms with van der Waals surface area (Å²) in [5, 5.41) is 3.81.